The highest BCUT2D eigenvalue weighted by Gasteiger charge is 2.55. The van der Waals surface area contributed by atoms with E-state index in [0.29, 0.717) is 0 Å². The Balaban J connectivity index is 0.842. The molecule has 1 heterocycles. The lowest BCUT2D eigenvalue weighted by Crippen LogP contribution is -2.63. The number of ether oxygens (including phenoxy) is 17. The zero-order valence-corrected chi connectivity index (χ0v) is 76.4. The van der Waals surface area contributed by atoms with Gasteiger partial charge in [-0.25, -0.2) is 19.2 Å². The van der Waals surface area contributed by atoms with E-state index in [1.807, 2.05) is 364 Å². The first-order valence-electron chi connectivity index (χ1n) is 45.8. The summed E-state index contributed by atoms with van der Waals surface area (Å²) in [5, 5.41) is 12.3. The average Bonchev–Trinajstić information content (AvgIpc) is 0.765. The number of rotatable bonds is 45. The molecule has 17 rings (SSSR count). The van der Waals surface area contributed by atoms with Crippen LogP contribution in [-0.2, 0) is 103 Å². The van der Waals surface area contributed by atoms with Gasteiger partial charge >= 0.3 is 23.9 Å². The van der Waals surface area contributed by atoms with Crippen molar-refractivity contribution in [2.24, 2.45) is 0 Å². The topological polar surface area (TPSA) is 245 Å². The standard InChI is InChI=1S/C118H100O22/c119-69-106-111(137-114(120)94-61-98(124-70-82-37-13-1-14-38-82)107(132-78-90-53-29-9-30-54-90)99(62-94)125-71-83-39-15-2-16-40-83)112(138-115(121)95-63-100(126-72-84-41-17-3-18-42-84)108(133-79-91-55-31-10-32-56-91)101(64-95)127-73-85-43-19-4-20-44-85)113(139-116(122)96-65-102(128-74-86-45-21-5-22-46-86)109(134-80-92-57-33-11-34-58-92)103(66-96)129-75-87-47-23-6-24-48-87)118(136-106)140-117(123)97-67-104(130-76-88-49-25-7-26-50-88)110(135-81-93-59-35-12-36-60-93)105(68-97)131-77-89-51-27-8-28-52-89/h1-68,106,111-113,118-119H,69-81H2/t106-,111-,112+,113-,118+/m1/s1. The number of esters is 4. The summed E-state index contributed by atoms with van der Waals surface area (Å²) < 4.78 is 115. The van der Waals surface area contributed by atoms with Crippen LogP contribution in [0.3, 0.4) is 0 Å². The Bertz CT molecular complexity index is 6410. The fourth-order valence-corrected chi connectivity index (χ4v) is 15.3. The van der Waals surface area contributed by atoms with Crippen molar-refractivity contribution in [1.82, 2.24) is 0 Å². The first-order chi connectivity index (χ1) is 69.0. The van der Waals surface area contributed by atoms with Gasteiger partial charge < -0.3 is 85.6 Å². The molecule has 22 nitrogen and oxygen atoms in total. The first-order valence-corrected chi connectivity index (χ1v) is 45.8. The van der Waals surface area contributed by atoms with Crippen LogP contribution in [0.5, 0.6) is 69.0 Å². The molecule has 16 aromatic rings. The maximum atomic E-state index is 16.7. The zero-order chi connectivity index (χ0) is 95.7. The van der Waals surface area contributed by atoms with Gasteiger partial charge in [0, 0.05) is 0 Å². The van der Waals surface area contributed by atoms with Gasteiger partial charge in [0.05, 0.1) is 28.9 Å². The quantitative estimate of drug-likeness (QED) is 0.0275. The molecule has 1 fully saturated rings. The molecule has 1 N–H and O–H groups in total. The van der Waals surface area contributed by atoms with E-state index >= 15 is 19.2 Å². The molecule has 0 unspecified atom stereocenters. The Morgan fingerprint density at radius 3 is 0.514 bits per heavy atom. The minimum Gasteiger partial charge on any atom is -0.485 e. The molecule has 140 heavy (non-hydrogen) atoms. The Labute approximate surface area is 811 Å². The van der Waals surface area contributed by atoms with Gasteiger partial charge in [0.2, 0.25) is 35.4 Å². The number of hydrogen-bond donors (Lipinski definition) is 1. The molecular weight excluding hydrogens is 1770 g/mol. The number of carbonyl (C=O) groups is 4. The molecule has 22 heteroatoms. The molecule has 5 atom stereocenters. The lowest BCUT2D eigenvalue weighted by molar-refractivity contribution is -0.283. The highest BCUT2D eigenvalue weighted by molar-refractivity contribution is 5.94. The predicted molar refractivity (Wildman–Crippen MR) is 524 cm³/mol. The second-order valence-electron chi connectivity index (χ2n) is 32.7. The summed E-state index contributed by atoms with van der Waals surface area (Å²) in [6, 6.07) is 124. The molecule has 0 aliphatic carbocycles. The number of aliphatic hydroxyl groups is 1. The van der Waals surface area contributed by atoms with Crippen LogP contribution in [-0.4, -0.2) is 66.3 Å². The van der Waals surface area contributed by atoms with Gasteiger partial charge in [-0.3, -0.25) is 0 Å². The summed E-state index contributed by atoms with van der Waals surface area (Å²) in [6.07, 6.45) is -10.8. The molecular formula is C118H100O22. The Kier molecular flexibility index (Phi) is 32.7. The fraction of sp³-hybridized carbons (Fsp3) is 0.153. The van der Waals surface area contributed by atoms with Gasteiger partial charge in [-0.2, -0.15) is 0 Å². The van der Waals surface area contributed by atoms with Crippen LogP contribution in [0.1, 0.15) is 108 Å². The van der Waals surface area contributed by atoms with Crippen molar-refractivity contribution < 1.29 is 105 Å². The van der Waals surface area contributed by atoms with E-state index in [9.17, 15) is 5.11 Å². The maximum Gasteiger partial charge on any atom is 0.340 e. The fourth-order valence-electron chi connectivity index (χ4n) is 15.3. The van der Waals surface area contributed by atoms with Gasteiger partial charge in [0.1, 0.15) is 85.4 Å². The summed E-state index contributed by atoms with van der Waals surface area (Å²) in [7, 11) is 0. The lowest BCUT2D eigenvalue weighted by atomic mass is 9.97. The SMILES string of the molecule is O=C(O[C@@H]1O[C@H](CO)[C@@H](OC(=O)c2cc(OCc3ccccc3)c(OCc3ccccc3)c(OCc3ccccc3)c2)[C@H](OC(=O)c2cc(OCc3ccccc3)c(OCc3ccccc3)c(OCc3ccccc3)c2)[C@H]1OC(=O)c1cc(OCc2ccccc2)c(OCc2ccccc2)c(OCc2ccccc2)c1)c1cc(OCc2ccccc2)c(OCc2ccccc2)c(OCc2ccccc2)c1. The van der Waals surface area contributed by atoms with Crippen molar-refractivity contribution in [2.75, 3.05) is 6.61 Å². The minimum atomic E-state index is -2.28. The van der Waals surface area contributed by atoms with Crippen LogP contribution < -0.4 is 56.8 Å². The highest BCUT2D eigenvalue weighted by Crippen LogP contribution is 2.47. The second kappa shape index (κ2) is 48.4. The number of benzene rings is 16. The summed E-state index contributed by atoms with van der Waals surface area (Å²) >= 11 is 0. The average molecular weight is 1870 g/mol. The molecule has 704 valence electrons. The summed E-state index contributed by atoms with van der Waals surface area (Å²) in [5.74, 6) is -4.20. The molecule has 0 bridgehead atoms. The number of carbonyl (C=O) groups excluding carboxylic acids is 4. The van der Waals surface area contributed by atoms with Crippen LogP contribution in [0.4, 0.5) is 0 Å². The van der Waals surface area contributed by atoms with Crippen LogP contribution in [0.15, 0.2) is 413 Å². The van der Waals surface area contributed by atoms with Gasteiger partial charge in [-0.1, -0.05) is 364 Å². The van der Waals surface area contributed by atoms with Gasteiger partial charge in [-0.15, -0.1) is 0 Å². The maximum absolute atomic E-state index is 16.7. The largest absolute Gasteiger partial charge is 0.485 e. The predicted octanol–water partition coefficient (Wildman–Crippen LogP) is 23.2. The van der Waals surface area contributed by atoms with Crippen LogP contribution in [0.25, 0.3) is 0 Å². The number of aliphatic hydroxyl groups excluding tert-OH is 1. The highest BCUT2D eigenvalue weighted by atomic mass is 16.7. The van der Waals surface area contributed by atoms with Crippen molar-refractivity contribution in [3.05, 3.63) is 502 Å². The number of hydrogen-bond acceptors (Lipinski definition) is 22. The molecule has 16 aromatic carbocycles. The summed E-state index contributed by atoms with van der Waals surface area (Å²) in [4.78, 5) is 66.1. The Hall–Kier alpha value is -17.1. The third-order valence-electron chi connectivity index (χ3n) is 22.6. The van der Waals surface area contributed by atoms with Crippen LogP contribution in [0, 0.1) is 0 Å². The van der Waals surface area contributed by atoms with E-state index in [-0.39, 0.29) is 171 Å². The van der Waals surface area contributed by atoms with E-state index in [2.05, 4.69) is 0 Å². The van der Waals surface area contributed by atoms with Crippen molar-refractivity contribution >= 4 is 23.9 Å². The molecule has 0 amide bonds. The van der Waals surface area contributed by atoms with E-state index in [1.54, 1.807) is 0 Å². The van der Waals surface area contributed by atoms with Crippen molar-refractivity contribution in [2.45, 2.75) is 110 Å². The van der Waals surface area contributed by atoms with Crippen molar-refractivity contribution in [3.63, 3.8) is 0 Å². The Morgan fingerprint density at radius 2 is 0.343 bits per heavy atom. The molecule has 1 saturated heterocycles. The van der Waals surface area contributed by atoms with E-state index in [0.717, 1.165) is 66.8 Å². The van der Waals surface area contributed by atoms with E-state index in [4.69, 9.17) is 80.5 Å². The normalized spacial score (nSPS) is 14.1. The first kappa shape index (κ1) is 94.7. The van der Waals surface area contributed by atoms with Gasteiger partial charge in [-0.05, 0) is 115 Å². The summed E-state index contributed by atoms with van der Waals surface area (Å²) in [5.41, 5.74) is 8.13. The second-order valence-corrected chi connectivity index (χ2v) is 32.7. The molecule has 1 aliphatic heterocycles. The third kappa shape index (κ3) is 26.3. The Morgan fingerprint density at radius 1 is 0.193 bits per heavy atom. The van der Waals surface area contributed by atoms with E-state index in [1.165, 1.54) is 48.5 Å². The van der Waals surface area contributed by atoms with Gasteiger partial charge in [0.25, 0.3) is 0 Å². The van der Waals surface area contributed by atoms with Crippen molar-refractivity contribution in [3.8, 4) is 69.0 Å². The molecule has 0 saturated carbocycles. The molecule has 0 spiro atoms. The molecule has 1 aliphatic rings. The minimum absolute atomic E-state index is 0.00450. The molecule has 0 aromatic heterocycles. The monoisotopic (exact) mass is 1870 g/mol. The van der Waals surface area contributed by atoms with Gasteiger partial charge in [0.15, 0.2) is 58.2 Å². The van der Waals surface area contributed by atoms with E-state index < -0.39 is 61.2 Å². The van der Waals surface area contributed by atoms with Crippen LogP contribution >= 0.6 is 0 Å². The zero-order valence-electron chi connectivity index (χ0n) is 76.4. The molecule has 0 radical (unpaired) electrons. The van der Waals surface area contributed by atoms with Crippen molar-refractivity contribution in [1.29, 1.82) is 0 Å². The smallest absolute Gasteiger partial charge is 0.340 e. The lowest BCUT2D eigenvalue weighted by Gasteiger charge is -2.43. The van der Waals surface area contributed by atoms with Crippen LogP contribution in [0.2, 0.25) is 0 Å². The summed E-state index contributed by atoms with van der Waals surface area (Å²) in [6.45, 7) is -1.38. The third-order valence-corrected chi connectivity index (χ3v) is 22.6.